The van der Waals surface area contributed by atoms with E-state index in [0.717, 1.165) is 17.7 Å². The van der Waals surface area contributed by atoms with Gasteiger partial charge in [-0.2, -0.15) is 0 Å². The van der Waals surface area contributed by atoms with E-state index >= 15 is 0 Å². The van der Waals surface area contributed by atoms with E-state index in [9.17, 15) is 0 Å². The second kappa shape index (κ2) is 6.21. The van der Waals surface area contributed by atoms with Gasteiger partial charge in [0.05, 0.1) is 7.11 Å². The van der Waals surface area contributed by atoms with Gasteiger partial charge in [-0.15, -0.1) is 0 Å². The molecule has 0 saturated carbocycles. The van der Waals surface area contributed by atoms with Crippen LogP contribution in [0.25, 0.3) is 0 Å². The summed E-state index contributed by atoms with van der Waals surface area (Å²) in [4.78, 5) is 4.17. The van der Waals surface area contributed by atoms with Crippen molar-refractivity contribution in [1.29, 1.82) is 0 Å². The zero-order chi connectivity index (χ0) is 13.0. The van der Waals surface area contributed by atoms with E-state index in [1.807, 2.05) is 30.3 Å². The number of ether oxygens (including phenoxy) is 1. The highest BCUT2D eigenvalue weighted by molar-refractivity contribution is 9.09. The molecule has 4 heteroatoms. The average molecular weight is 327 g/mol. The maximum atomic E-state index is 6.03. The molecule has 2 aromatic rings. The summed E-state index contributed by atoms with van der Waals surface area (Å²) in [6.07, 6.45) is 4.45. The van der Waals surface area contributed by atoms with Crippen LogP contribution in [0.4, 0.5) is 0 Å². The third kappa shape index (κ3) is 3.24. The molecule has 1 aromatic carbocycles. The molecule has 0 aliphatic carbocycles. The Morgan fingerprint density at radius 3 is 2.67 bits per heavy atom. The molecule has 0 amide bonds. The SMILES string of the molecule is COc1ccc(Cl)cc1C(Br)Cc1ccncc1. The smallest absolute Gasteiger partial charge is 0.123 e. The molecule has 0 aliphatic heterocycles. The van der Waals surface area contributed by atoms with Crippen molar-refractivity contribution >= 4 is 27.5 Å². The van der Waals surface area contributed by atoms with Gasteiger partial charge in [0.2, 0.25) is 0 Å². The Balaban J connectivity index is 2.23. The molecule has 0 fully saturated rings. The van der Waals surface area contributed by atoms with Gasteiger partial charge in [-0.1, -0.05) is 27.5 Å². The van der Waals surface area contributed by atoms with E-state index in [1.165, 1.54) is 5.56 Å². The lowest BCUT2D eigenvalue weighted by Crippen LogP contribution is -1.99. The van der Waals surface area contributed by atoms with Crippen molar-refractivity contribution in [2.45, 2.75) is 11.2 Å². The molecule has 1 atom stereocenters. The lowest BCUT2D eigenvalue weighted by Gasteiger charge is -2.14. The third-order valence-corrected chi connectivity index (χ3v) is 3.75. The number of nitrogens with zero attached hydrogens (tertiary/aromatic N) is 1. The Morgan fingerprint density at radius 2 is 2.00 bits per heavy atom. The molecule has 0 bridgehead atoms. The summed E-state index contributed by atoms with van der Waals surface area (Å²) >= 11 is 9.72. The van der Waals surface area contributed by atoms with E-state index in [4.69, 9.17) is 16.3 Å². The van der Waals surface area contributed by atoms with Gasteiger partial charge in [0.1, 0.15) is 5.75 Å². The van der Waals surface area contributed by atoms with Gasteiger partial charge < -0.3 is 4.74 Å². The van der Waals surface area contributed by atoms with Gasteiger partial charge in [0.25, 0.3) is 0 Å². The lowest BCUT2D eigenvalue weighted by molar-refractivity contribution is 0.409. The first-order valence-corrected chi connectivity index (χ1v) is 6.86. The maximum Gasteiger partial charge on any atom is 0.123 e. The standard InChI is InChI=1S/C14H13BrClNO/c1-18-14-3-2-11(16)9-12(14)13(15)8-10-4-6-17-7-5-10/h2-7,9,13H,8H2,1H3. The summed E-state index contributed by atoms with van der Waals surface area (Å²) in [7, 11) is 1.67. The predicted molar refractivity (Wildman–Crippen MR) is 77.6 cm³/mol. The predicted octanol–water partition coefficient (Wildman–Crippen LogP) is 4.42. The Labute approximate surface area is 120 Å². The van der Waals surface area contributed by atoms with Crippen LogP contribution >= 0.6 is 27.5 Å². The van der Waals surface area contributed by atoms with Crippen molar-refractivity contribution in [2.75, 3.05) is 7.11 Å². The van der Waals surface area contributed by atoms with Crippen molar-refractivity contribution < 1.29 is 4.74 Å². The van der Waals surface area contributed by atoms with Crippen LogP contribution in [0.2, 0.25) is 5.02 Å². The first-order valence-electron chi connectivity index (χ1n) is 5.57. The first kappa shape index (κ1) is 13.4. The van der Waals surface area contributed by atoms with Crippen LogP contribution in [0.3, 0.4) is 0 Å². The third-order valence-electron chi connectivity index (χ3n) is 2.69. The van der Waals surface area contributed by atoms with Gasteiger partial charge in [0.15, 0.2) is 0 Å². The fourth-order valence-corrected chi connectivity index (χ4v) is 2.70. The molecule has 0 N–H and O–H groups in total. The molecule has 1 heterocycles. The van der Waals surface area contributed by atoms with Crippen LogP contribution in [0.15, 0.2) is 42.7 Å². The summed E-state index contributed by atoms with van der Waals surface area (Å²) in [5, 5.41) is 0.713. The highest BCUT2D eigenvalue weighted by atomic mass is 79.9. The number of aromatic nitrogens is 1. The normalized spacial score (nSPS) is 12.2. The Hall–Kier alpha value is -1.06. The Kier molecular flexibility index (Phi) is 4.61. The van der Waals surface area contributed by atoms with E-state index in [2.05, 4.69) is 20.9 Å². The van der Waals surface area contributed by atoms with Crippen molar-refractivity contribution in [3.8, 4) is 5.75 Å². The monoisotopic (exact) mass is 325 g/mol. The minimum absolute atomic E-state index is 0.161. The highest BCUT2D eigenvalue weighted by Gasteiger charge is 2.14. The second-order valence-corrected chi connectivity index (χ2v) is 5.46. The zero-order valence-electron chi connectivity index (χ0n) is 9.94. The van der Waals surface area contributed by atoms with Crippen molar-refractivity contribution in [3.05, 3.63) is 58.9 Å². The molecule has 0 radical (unpaired) electrons. The van der Waals surface area contributed by atoms with Crippen molar-refractivity contribution in [1.82, 2.24) is 4.98 Å². The number of hydrogen-bond donors (Lipinski definition) is 0. The fraction of sp³-hybridized carbons (Fsp3) is 0.214. The summed E-state index contributed by atoms with van der Waals surface area (Å²) in [6, 6.07) is 9.66. The van der Waals surface area contributed by atoms with Gasteiger partial charge in [0, 0.05) is 27.8 Å². The van der Waals surface area contributed by atoms with Crippen LogP contribution in [-0.4, -0.2) is 12.1 Å². The largest absolute Gasteiger partial charge is 0.496 e. The molecule has 1 aromatic heterocycles. The average Bonchev–Trinajstić information content (AvgIpc) is 2.40. The summed E-state index contributed by atoms with van der Waals surface area (Å²) in [6.45, 7) is 0. The quantitative estimate of drug-likeness (QED) is 0.776. The van der Waals surface area contributed by atoms with Gasteiger partial charge in [-0.25, -0.2) is 0 Å². The van der Waals surface area contributed by atoms with Crippen molar-refractivity contribution in [3.63, 3.8) is 0 Å². The summed E-state index contributed by atoms with van der Waals surface area (Å²) in [5.41, 5.74) is 2.27. The molecule has 94 valence electrons. The minimum atomic E-state index is 0.161. The lowest BCUT2D eigenvalue weighted by atomic mass is 10.0. The van der Waals surface area contributed by atoms with Crippen LogP contribution in [0, 0.1) is 0 Å². The Bertz CT molecular complexity index is 518. The van der Waals surface area contributed by atoms with E-state index in [-0.39, 0.29) is 4.83 Å². The number of rotatable bonds is 4. The van der Waals surface area contributed by atoms with Gasteiger partial charge >= 0.3 is 0 Å². The number of alkyl halides is 1. The number of pyridine rings is 1. The van der Waals surface area contributed by atoms with Gasteiger partial charge in [-0.3, -0.25) is 4.98 Å². The van der Waals surface area contributed by atoms with Crippen LogP contribution in [0.5, 0.6) is 5.75 Å². The summed E-state index contributed by atoms with van der Waals surface area (Å²) in [5.74, 6) is 0.843. The topological polar surface area (TPSA) is 22.1 Å². The number of benzene rings is 1. The molecule has 2 rings (SSSR count). The van der Waals surface area contributed by atoms with Crippen LogP contribution in [-0.2, 0) is 6.42 Å². The summed E-state index contributed by atoms with van der Waals surface area (Å²) < 4.78 is 5.36. The molecule has 18 heavy (non-hydrogen) atoms. The molecule has 0 aliphatic rings. The van der Waals surface area contributed by atoms with E-state index < -0.39 is 0 Å². The number of hydrogen-bond acceptors (Lipinski definition) is 2. The minimum Gasteiger partial charge on any atom is -0.496 e. The van der Waals surface area contributed by atoms with Crippen LogP contribution in [0.1, 0.15) is 16.0 Å². The van der Waals surface area contributed by atoms with Gasteiger partial charge in [-0.05, 0) is 42.3 Å². The molecular formula is C14H13BrClNO. The zero-order valence-corrected chi connectivity index (χ0v) is 12.3. The second-order valence-electron chi connectivity index (χ2n) is 3.91. The van der Waals surface area contributed by atoms with Crippen molar-refractivity contribution in [2.24, 2.45) is 0 Å². The Morgan fingerprint density at radius 1 is 1.28 bits per heavy atom. The van der Waals surface area contributed by atoms with E-state index in [0.29, 0.717) is 5.02 Å². The highest BCUT2D eigenvalue weighted by Crippen LogP contribution is 2.35. The van der Waals surface area contributed by atoms with E-state index in [1.54, 1.807) is 19.5 Å². The maximum absolute atomic E-state index is 6.03. The fourth-order valence-electron chi connectivity index (χ4n) is 1.79. The number of halogens is 2. The molecular weight excluding hydrogens is 314 g/mol. The molecule has 0 saturated heterocycles. The first-order chi connectivity index (χ1) is 8.70. The number of methoxy groups -OCH3 is 1. The molecule has 0 spiro atoms. The molecule has 2 nitrogen and oxygen atoms in total. The van der Waals surface area contributed by atoms with Crippen LogP contribution < -0.4 is 4.74 Å². The molecule has 1 unspecified atom stereocenters.